The summed E-state index contributed by atoms with van der Waals surface area (Å²) in [5, 5.41) is 4.71. The molecule has 7 aromatic rings. The fourth-order valence-corrected chi connectivity index (χ4v) is 5.05. The highest BCUT2D eigenvalue weighted by Gasteiger charge is 2.10. The second kappa shape index (κ2) is 8.44. The molecule has 2 heterocycles. The van der Waals surface area contributed by atoms with Gasteiger partial charge >= 0.3 is 0 Å². The lowest BCUT2D eigenvalue weighted by molar-refractivity contribution is 1.37. The van der Waals surface area contributed by atoms with Crippen LogP contribution in [-0.2, 0) is 0 Å². The molecule has 2 nitrogen and oxygen atoms in total. The van der Waals surface area contributed by atoms with Crippen LogP contribution in [0.3, 0.4) is 0 Å². The van der Waals surface area contributed by atoms with E-state index in [4.69, 9.17) is 4.98 Å². The summed E-state index contributed by atoms with van der Waals surface area (Å²) >= 11 is 0. The van der Waals surface area contributed by atoms with Gasteiger partial charge in [-0.1, -0.05) is 103 Å². The number of hydrogen-bond donors (Lipinski definition) is 0. The zero-order chi connectivity index (χ0) is 23.9. The van der Waals surface area contributed by atoms with Gasteiger partial charge in [0.05, 0.1) is 16.7 Å². The van der Waals surface area contributed by atoms with Gasteiger partial charge in [-0.15, -0.1) is 0 Å². The summed E-state index contributed by atoms with van der Waals surface area (Å²) in [4.78, 5) is 9.61. The molecule has 0 unspecified atom stereocenters. The first-order valence-electron chi connectivity index (χ1n) is 12.2. The van der Waals surface area contributed by atoms with Gasteiger partial charge in [-0.3, -0.25) is 4.98 Å². The molecule has 0 N–H and O–H groups in total. The number of benzene rings is 5. The highest BCUT2D eigenvalue weighted by Crippen LogP contribution is 2.35. The summed E-state index contributed by atoms with van der Waals surface area (Å²) in [6.07, 6.45) is 1.83. The van der Waals surface area contributed by atoms with Crippen molar-refractivity contribution in [3.8, 4) is 33.5 Å². The highest BCUT2D eigenvalue weighted by molar-refractivity contribution is 6.03. The maximum absolute atomic E-state index is 5.02. The third-order valence-electron chi connectivity index (χ3n) is 6.89. The van der Waals surface area contributed by atoms with E-state index >= 15 is 0 Å². The van der Waals surface area contributed by atoms with Crippen molar-refractivity contribution < 1.29 is 0 Å². The van der Waals surface area contributed by atoms with Crippen LogP contribution in [0.1, 0.15) is 0 Å². The number of aromatic nitrogens is 2. The van der Waals surface area contributed by atoms with Gasteiger partial charge in [0, 0.05) is 22.5 Å². The molecule has 2 heteroatoms. The van der Waals surface area contributed by atoms with Crippen LogP contribution in [0.25, 0.3) is 66.1 Å². The Bertz CT molecular complexity index is 1870. The first-order chi connectivity index (χ1) is 17.8. The van der Waals surface area contributed by atoms with Crippen molar-refractivity contribution in [2.45, 2.75) is 0 Å². The maximum Gasteiger partial charge on any atom is 0.0972 e. The molecular weight excluding hydrogens is 436 g/mol. The molecule has 0 atom stereocenters. The van der Waals surface area contributed by atoms with Crippen LogP contribution in [0.5, 0.6) is 0 Å². The normalized spacial score (nSPS) is 11.3. The van der Waals surface area contributed by atoms with E-state index in [0.29, 0.717) is 0 Å². The quantitative estimate of drug-likeness (QED) is 0.247. The van der Waals surface area contributed by atoms with Gasteiger partial charge in [0.1, 0.15) is 0 Å². The molecule has 0 aliphatic rings. The predicted octanol–water partition coefficient (Wildman–Crippen LogP) is 8.94. The molecule has 0 radical (unpaired) electrons. The SMILES string of the molecule is c1ccc(-c2cc(-c3ccc(-c4ccc5ccc6cccnc6c5n4)cc3)c3ccccc3c2)cc1. The molecule has 0 amide bonds. The fraction of sp³-hybridized carbons (Fsp3) is 0. The first-order valence-corrected chi connectivity index (χ1v) is 12.2. The van der Waals surface area contributed by atoms with Gasteiger partial charge in [0.2, 0.25) is 0 Å². The van der Waals surface area contributed by atoms with Crippen LogP contribution in [-0.4, -0.2) is 9.97 Å². The third kappa shape index (κ3) is 3.52. The molecule has 0 saturated heterocycles. The van der Waals surface area contributed by atoms with Crippen molar-refractivity contribution in [1.29, 1.82) is 0 Å². The zero-order valence-corrected chi connectivity index (χ0v) is 19.6. The minimum Gasteiger partial charge on any atom is -0.254 e. The topological polar surface area (TPSA) is 25.8 Å². The number of nitrogens with zero attached hydrogens (tertiary/aromatic N) is 2. The summed E-state index contributed by atoms with van der Waals surface area (Å²) < 4.78 is 0. The second-order valence-electron chi connectivity index (χ2n) is 9.10. The summed E-state index contributed by atoms with van der Waals surface area (Å²) in [6, 6.07) is 45.0. The Balaban J connectivity index is 1.34. The van der Waals surface area contributed by atoms with Crippen molar-refractivity contribution in [1.82, 2.24) is 9.97 Å². The lowest BCUT2D eigenvalue weighted by Crippen LogP contribution is -1.89. The molecule has 5 aromatic carbocycles. The minimum absolute atomic E-state index is 0.941. The maximum atomic E-state index is 5.02. The van der Waals surface area contributed by atoms with E-state index in [1.165, 1.54) is 33.0 Å². The number of rotatable bonds is 3. The highest BCUT2D eigenvalue weighted by atomic mass is 14.7. The van der Waals surface area contributed by atoms with Crippen molar-refractivity contribution in [3.63, 3.8) is 0 Å². The van der Waals surface area contributed by atoms with Gasteiger partial charge in [-0.25, -0.2) is 4.98 Å². The molecule has 0 aliphatic heterocycles. The van der Waals surface area contributed by atoms with Crippen molar-refractivity contribution >= 4 is 32.6 Å². The van der Waals surface area contributed by atoms with Crippen LogP contribution >= 0.6 is 0 Å². The van der Waals surface area contributed by atoms with Gasteiger partial charge in [-0.2, -0.15) is 0 Å². The molecule has 36 heavy (non-hydrogen) atoms. The minimum atomic E-state index is 0.941. The van der Waals surface area contributed by atoms with Gasteiger partial charge in [0.25, 0.3) is 0 Å². The molecule has 2 aromatic heterocycles. The summed E-state index contributed by atoms with van der Waals surface area (Å²) in [7, 11) is 0. The average Bonchev–Trinajstić information content (AvgIpc) is 2.97. The Morgan fingerprint density at radius 3 is 1.97 bits per heavy atom. The monoisotopic (exact) mass is 458 g/mol. The fourth-order valence-electron chi connectivity index (χ4n) is 5.05. The standard InChI is InChI=1S/C34H22N2/c1-2-7-23(8-3-1)29-21-28-9-4-5-11-30(28)31(22-29)24-12-14-25(15-13-24)32-19-18-27-17-16-26-10-6-20-35-33(26)34(27)36-32/h1-22H. The van der Waals surface area contributed by atoms with Crippen LogP contribution in [0.2, 0.25) is 0 Å². The predicted molar refractivity (Wildman–Crippen MR) is 151 cm³/mol. The molecule has 168 valence electrons. The average molecular weight is 459 g/mol. The van der Waals surface area contributed by atoms with E-state index in [0.717, 1.165) is 33.1 Å². The van der Waals surface area contributed by atoms with Crippen LogP contribution in [0, 0.1) is 0 Å². The van der Waals surface area contributed by atoms with E-state index < -0.39 is 0 Å². The van der Waals surface area contributed by atoms with E-state index in [9.17, 15) is 0 Å². The van der Waals surface area contributed by atoms with E-state index in [2.05, 4.69) is 126 Å². The molecule has 0 saturated carbocycles. The lowest BCUT2D eigenvalue weighted by Gasteiger charge is -2.12. The lowest BCUT2D eigenvalue weighted by atomic mass is 9.92. The molecule has 0 fully saturated rings. The Morgan fingerprint density at radius 1 is 0.417 bits per heavy atom. The van der Waals surface area contributed by atoms with Crippen LogP contribution in [0.4, 0.5) is 0 Å². The second-order valence-corrected chi connectivity index (χ2v) is 9.10. The van der Waals surface area contributed by atoms with Crippen LogP contribution in [0.15, 0.2) is 134 Å². The first kappa shape index (κ1) is 20.5. The smallest absolute Gasteiger partial charge is 0.0972 e. The number of fused-ring (bicyclic) bond motifs is 4. The van der Waals surface area contributed by atoms with E-state index in [1.54, 1.807) is 0 Å². The van der Waals surface area contributed by atoms with Crippen molar-refractivity contribution in [3.05, 3.63) is 134 Å². The van der Waals surface area contributed by atoms with Crippen molar-refractivity contribution in [2.75, 3.05) is 0 Å². The van der Waals surface area contributed by atoms with Crippen molar-refractivity contribution in [2.24, 2.45) is 0 Å². The van der Waals surface area contributed by atoms with Gasteiger partial charge in [-0.05, 0) is 57.3 Å². The van der Waals surface area contributed by atoms with Gasteiger partial charge in [0.15, 0.2) is 0 Å². The Hall–Kier alpha value is -4.82. The molecule has 7 rings (SSSR count). The number of pyridine rings is 2. The third-order valence-corrected chi connectivity index (χ3v) is 6.89. The zero-order valence-electron chi connectivity index (χ0n) is 19.6. The largest absolute Gasteiger partial charge is 0.254 e. The van der Waals surface area contributed by atoms with Crippen LogP contribution < -0.4 is 0 Å². The Labute approximate surface area is 209 Å². The summed E-state index contributed by atoms with van der Waals surface area (Å²) in [6.45, 7) is 0. The summed E-state index contributed by atoms with van der Waals surface area (Å²) in [5.74, 6) is 0. The van der Waals surface area contributed by atoms with E-state index in [1.807, 2.05) is 12.3 Å². The summed E-state index contributed by atoms with van der Waals surface area (Å²) in [5.41, 5.74) is 8.81. The molecule has 0 bridgehead atoms. The van der Waals surface area contributed by atoms with E-state index in [-0.39, 0.29) is 0 Å². The van der Waals surface area contributed by atoms with Gasteiger partial charge < -0.3 is 0 Å². The number of hydrogen-bond acceptors (Lipinski definition) is 2. The molecule has 0 aliphatic carbocycles. The Morgan fingerprint density at radius 2 is 1.11 bits per heavy atom. The Kier molecular flexibility index (Phi) is 4.82. The molecular formula is C34H22N2. The molecule has 0 spiro atoms.